The predicted octanol–water partition coefficient (Wildman–Crippen LogP) is 1.69. The number of nitrogens with zero attached hydrogens (tertiary/aromatic N) is 2. The van der Waals surface area contributed by atoms with E-state index in [9.17, 15) is 0 Å². The zero-order valence-corrected chi connectivity index (χ0v) is 10.9. The van der Waals surface area contributed by atoms with E-state index in [1.807, 2.05) is 0 Å². The molecule has 0 aliphatic heterocycles. The summed E-state index contributed by atoms with van der Waals surface area (Å²) in [6.45, 7) is 4.10. The number of rotatable bonds is 6. The SMILES string of the molecule is CCC(CC)(OC)C(N)c1nccnc1OC. The summed E-state index contributed by atoms with van der Waals surface area (Å²) in [6.07, 6.45) is 4.81. The van der Waals surface area contributed by atoms with Crippen LogP contribution in [0.5, 0.6) is 5.88 Å². The summed E-state index contributed by atoms with van der Waals surface area (Å²) in [4.78, 5) is 8.38. The molecule has 0 aliphatic rings. The minimum absolute atomic E-state index is 0.355. The van der Waals surface area contributed by atoms with Crippen molar-refractivity contribution in [2.24, 2.45) is 5.73 Å². The summed E-state index contributed by atoms with van der Waals surface area (Å²) < 4.78 is 10.8. The van der Waals surface area contributed by atoms with Crippen LogP contribution in [0.15, 0.2) is 12.4 Å². The Morgan fingerprint density at radius 3 is 2.29 bits per heavy atom. The monoisotopic (exact) mass is 239 g/mol. The van der Waals surface area contributed by atoms with E-state index in [0.29, 0.717) is 11.6 Å². The summed E-state index contributed by atoms with van der Waals surface area (Å²) in [5.74, 6) is 0.461. The van der Waals surface area contributed by atoms with Crippen LogP contribution in [0.1, 0.15) is 38.4 Å². The summed E-state index contributed by atoms with van der Waals surface area (Å²) in [6, 6.07) is -0.355. The van der Waals surface area contributed by atoms with E-state index in [0.717, 1.165) is 12.8 Å². The summed E-state index contributed by atoms with van der Waals surface area (Å²) >= 11 is 0. The molecule has 5 nitrogen and oxygen atoms in total. The van der Waals surface area contributed by atoms with E-state index in [1.165, 1.54) is 0 Å². The van der Waals surface area contributed by atoms with Crippen molar-refractivity contribution in [2.75, 3.05) is 14.2 Å². The van der Waals surface area contributed by atoms with Gasteiger partial charge in [0.15, 0.2) is 0 Å². The molecular weight excluding hydrogens is 218 g/mol. The molecule has 1 heterocycles. The van der Waals surface area contributed by atoms with Crippen LogP contribution in [0.3, 0.4) is 0 Å². The first-order valence-electron chi connectivity index (χ1n) is 5.80. The van der Waals surface area contributed by atoms with Gasteiger partial charge in [-0.2, -0.15) is 0 Å². The zero-order chi connectivity index (χ0) is 12.9. The molecule has 0 saturated heterocycles. The predicted molar refractivity (Wildman–Crippen MR) is 65.8 cm³/mol. The summed E-state index contributed by atoms with van der Waals surface area (Å²) in [7, 11) is 3.24. The van der Waals surface area contributed by atoms with Gasteiger partial charge in [0.05, 0.1) is 18.8 Å². The topological polar surface area (TPSA) is 70.3 Å². The molecule has 1 aromatic heterocycles. The van der Waals surface area contributed by atoms with E-state index < -0.39 is 5.60 Å². The van der Waals surface area contributed by atoms with Crippen molar-refractivity contribution in [3.05, 3.63) is 18.1 Å². The second-order valence-electron chi connectivity index (χ2n) is 3.90. The van der Waals surface area contributed by atoms with Gasteiger partial charge in [-0.05, 0) is 12.8 Å². The Morgan fingerprint density at radius 2 is 1.82 bits per heavy atom. The lowest BCUT2D eigenvalue weighted by molar-refractivity contribution is -0.0401. The molecule has 0 aliphatic carbocycles. The van der Waals surface area contributed by atoms with Crippen LogP contribution in [0.25, 0.3) is 0 Å². The zero-order valence-electron chi connectivity index (χ0n) is 10.9. The number of hydrogen-bond donors (Lipinski definition) is 1. The second kappa shape index (κ2) is 5.93. The average molecular weight is 239 g/mol. The highest BCUT2D eigenvalue weighted by atomic mass is 16.5. The lowest BCUT2D eigenvalue weighted by Gasteiger charge is -2.35. The highest BCUT2D eigenvalue weighted by Crippen LogP contribution is 2.34. The normalized spacial score (nSPS) is 13.5. The van der Waals surface area contributed by atoms with Crippen LogP contribution in [-0.4, -0.2) is 29.8 Å². The number of methoxy groups -OCH3 is 2. The average Bonchev–Trinajstić information content (AvgIpc) is 2.41. The van der Waals surface area contributed by atoms with Crippen molar-refractivity contribution in [2.45, 2.75) is 38.3 Å². The first-order valence-corrected chi connectivity index (χ1v) is 5.80. The lowest BCUT2D eigenvalue weighted by atomic mass is 9.86. The number of aromatic nitrogens is 2. The third-order valence-electron chi connectivity index (χ3n) is 3.35. The van der Waals surface area contributed by atoms with Gasteiger partial charge in [-0.3, -0.25) is 4.98 Å². The van der Waals surface area contributed by atoms with Gasteiger partial charge in [0.1, 0.15) is 5.69 Å². The van der Waals surface area contributed by atoms with Crippen molar-refractivity contribution >= 4 is 0 Å². The molecule has 2 N–H and O–H groups in total. The van der Waals surface area contributed by atoms with Crippen LogP contribution in [0.2, 0.25) is 0 Å². The van der Waals surface area contributed by atoms with Crippen LogP contribution in [0, 0.1) is 0 Å². The third-order valence-corrected chi connectivity index (χ3v) is 3.35. The summed E-state index contributed by atoms with van der Waals surface area (Å²) in [5.41, 5.74) is 6.49. The van der Waals surface area contributed by atoms with Crippen molar-refractivity contribution in [1.82, 2.24) is 9.97 Å². The molecule has 0 radical (unpaired) electrons. The fourth-order valence-corrected chi connectivity index (χ4v) is 2.06. The fraction of sp³-hybridized carbons (Fsp3) is 0.667. The van der Waals surface area contributed by atoms with E-state index >= 15 is 0 Å². The maximum Gasteiger partial charge on any atom is 0.237 e. The first-order chi connectivity index (χ1) is 8.15. The van der Waals surface area contributed by atoms with Crippen molar-refractivity contribution < 1.29 is 9.47 Å². The number of hydrogen-bond acceptors (Lipinski definition) is 5. The highest BCUT2D eigenvalue weighted by molar-refractivity contribution is 5.23. The molecule has 17 heavy (non-hydrogen) atoms. The van der Waals surface area contributed by atoms with E-state index in [4.69, 9.17) is 15.2 Å². The van der Waals surface area contributed by atoms with Gasteiger partial charge < -0.3 is 15.2 Å². The van der Waals surface area contributed by atoms with Gasteiger partial charge in [-0.1, -0.05) is 13.8 Å². The van der Waals surface area contributed by atoms with Crippen LogP contribution in [-0.2, 0) is 4.74 Å². The van der Waals surface area contributed by atoms with Gasteiger partial charge in [0.2, 0.25) is 5.88 Å². The largest absolute Gasteiger partial charge is 0.480 e. The molecular formula is C12H21N3O2. The molecule has 1 aromatic rings. The molecule has 96 valence electrons. The number of nitrogens with two attached hydrogens (primary N) is 1. The van der Waals surface area contributed by atoms with Gasteiger partial charge in [0, 0.05) is 19.5 Å². The van der Waals surface area contributed by atoms with Crippen LogP contribution >= 0.6 is 0 Å². The molecule has 1 unspecified atom stereocenters. The quantitative estimate of drug-likeness (QED) is 0.818. The molecule has 0 fully saturated rings. The first kappa shape index (κ1) is 13.9. The maximum absolute atomic E-state index is 6.27. The fourth-order valence-electron chi connectivity index (χ4n) is 2.06. The Kier molecular flexibility index (Phi) is 4.84. The Bertz CT molecular complexity index is 345. The van der Waals surface area contributed by atoms with Gasteiger partial charge in [-0.25, -0.2) is 4.98 Å². The maximum atomic E-state index is 6.27. The Labute approximate surface area is 102 Å². The molecule has 1 atom stereocenters. The molecule has 1 rings (SSSR count). The highest BCUT2D eigenvalue weighted by Gasteiger charge is 2.37. The van der Waals surface area contributed by atoms with Crippen molar-refractivity contribution in [1.29, 1.82) is 0 Å². The van der Waals surface area contributed by atoms with Gasteiger partial charge in [-0.15, -0.1) is 0 Å². The Morgan fingerprint density at radius 1 is 1.24 bits per heavy atom. The second-order valence-corrected chi connectivity index (χ2v) is 3.90. The summed E-state index contributed by atoms with van der Waals surface area (Å²) in [5, 5.41) is 0. The number of ether oxygens (including phenoxy) is 2. The van der Waals surface area contributed by atoms with Gasteiger partial charge in [0.25, 0.3) is 0 Å². The molecule has 0 aromatic carbocycles. The minimum atomic E-state index is -0.427. The van der Waals surface area contributed by atoms with Crippen LogP contribution < -0.4 is 10.5 Å². The Hall–Kier alpha value is -1.20. The standard InChI is InChI=1S/C12H21N3O2/c1-5-12(6-2,17-4)10(13)9-11(16-3)15-8-7-14-9/h7-8,10H,5-6,13H2,1-4H3. The van der Waals surface area contributed by atoms with Crippen LogP contribution in [0.4, 0.5) is 0 Å². The minimum Gasteiger partial charge on any atom is -0.480 e. The Balaban J connectivity index is 3.13. The lowest BCUT2D eigenvalue weighted by Crippen LogP contribution is -2.42. The van der Waals surface area contributed by atoms with Crippen molar-refractivity contribution in [3.63, 3.8) is 0 Å². The van der Waals surface area contributed by atoms with E-state index in [1.54, 1.807) is 26.6 Å². The smallest absolute Gasteiger partial charge is 0.237 e. The van der Waals surface area contributed by atoms with E-state index in [-0.39, 0.29) is 6.04 Å². The third kappa shape index (κ3) is 2.56. The molecule has 0 saturated carbocycles. The molecule has 0 bridgehead atoms. The van der Waals surface area contributed by atoms with E-state index in [2.05, 4.69) is 23.8 Å². The molecule has 0 spiro atoms. The molecule has 0 amide bonds. The van der Waals surface area contributed by atoms with Crippen molar-refractivity contribution in [3.8, 4) is 5.88 Å². The molecule has 5 heteroatoms. The van der Waals surface area contributed by atoms with Gasteiger partial charge >= 0.3 is 0 Å².